The minimum absolute atomic E-state index is 0.0964. The van der Waals surface area contributed by atoms with E-state index in [1.54, 1.807) is 17.4 Å². The lowest BCUT2D eigenvalue weighted by Crippen LogP contribution is -2.81. The second kappa shape index (κ2) is 7.11. The molecule has 1 amide bonds. The lowest BCUT2D eigenvalue weighted by atomic mass is 10.0. The minimum atomic E-state index is 0.0964. The number of benzene rings is 2. The number of ether oxygens (including phenoxy) is 1. The van der Waals surface area contributed by atoms with E-state index < -0.39 is 0 Å². The van der Waals surface area contributed by atoms with Crippen LogP contribution in [-0.4, -0.2) is 42.2 Å². The Hall–Kier alpha value is -2.57. The van der Waals surface area contributed by atoms with Crippen molar-refractivity contribution in [1.82, 2.24) is 4.90 Å². The summed E-state index contributed by atoms with van der Waals surface area (Å²) in [5, 5.41) is 16.1. The topological polar surface area (TPSA) is 66.4 Å². The molecular weight excluding hydrogens is 372 g/mol. The van der Waals surface area contributed by atoms with E-state index >= 15 is 0 Å². The van der Waals surface area contributed by atoms with Crippen LogP contribution < -0.4 is 10.1 Å². The molecule has 5 rings (SSSR count). The van der Waals surface area contributed by atoms with E-state index in [9.17, 15) is 9.90 Å². The third-order valence-corrected chi connectivity index (χ3v) is 6.70. The SMILES string of the molecule is O=C([C@@H]1CC[NH2+]C1)N1CCOc2c(O)cc(-c3csc4ccccc34)cc2C1. The van der Waals surface area contributed by atoms with Gasteiger partial charge >= 0.3 is 0 Å². The van der Waals surface area contributed by atoms with Gasteiger partial charge in [-0.25, -0.2) is 0 Å². The highest BCUT2D eigenvalue weighted by atomic mass is 32.1. The number of amides is 1. The molecule has 5 nitrogen and oxygen atoms in total. The largest absolute Gasteiger partial charge is 0.504 e. The van der Waals surface area contributed by atoms with Gasteiger partial charge < -0.3 is 20.1 Å². The molecule has 6 heteroatoms. The predicted molar refractivity (Wildman–Crippen MR) is 110 cm³/mol. The van der Waals surface area contributed by atoms with E-state index in [4.69, 9.17) is 4.74 Å². The molecule has 3 aromatic rings. The van der Waals surface area contributed by atoms with Gasteiger partial charge in [0.15, 0.2) is 11.5 Å². The van der Waals surface area contributed by atoms with Gasteiger partial charge in [0.1, 0.15) is 6.61 Å². The lowest BCUT2D eigenvalue weighted by Gasteiger charge is -2.22. The molecule has 0 unspecified atom stereocenters. The molecular formula is C22H23N2O3S+. The number of carbonyl (C=O) groups excluding carboxylic acids is 1. The van der Waals surface area contributed by atoms with Crippen molar-refractivity contribution in [3.05, 3.63) is 47.3 Å². The van der Waals surface area contributed by atoms with Crippen LogP contribution >= 0.6 is 11.3 Å². The van der Waals surface area contributed by atoms with Crippen molar-refractivity contribution in [2.24, 2.45) is 5.92 Å². The summed E-state index contributed by atoms with van der Waals surface area (Å²) in [6, 6.07) is 12.1. The van der Waals surface area contributed by atoms with Crippen molar-refractivity contribution in [3.63, 3.8) is 0 Å². The van der Waals surface area contributed by atoms with Crippen molar-refractivity contribution < 1.29 is 20.0 Å². The Balaban J connectivity index is 1.52. The number of phenolic OH excluding ortho intramolecular Hbond substituents is 1. The van der Waals surface area contributed by atoms with Gasteiger partial charge in [0.2, 0.25) is 5.91 Å². The van der Waals surface area contributed by atoms with Crippen LogP contribution in [0, 0.1) is 5.92 Å². The number of aromatic hydroxyl groups is 1. The number of hydrogen-bond acceptors (Lipinski definition) is 4. The van der Waals surface area contributed by atoms with Gasteiger partial charge in [-0.3, -0.25) is 4.79 Å². The zero-order chi connectivity index (χ0) is 19.1. The third kappa shape index (κ3) is 3.02. The van der Waals surface area contributed by atoms with Crippen LogP contribution in [0.3, 0.4) is 0 Å². The Labute approximate surface area is 167 Å². The summed E-state index contributed by atoms with van der Waals surface area (Å²) in [6.45, 7) is 3.33. The first-order chi connectivity index (χ1) is 13.7. The predicted octanol–water partition coefficient (Wildman–Crippen LogP) is 2.58. The highest BCUT2D eigenvalue weighted by molar-refractivity contribution is 7.17. The first-order valence-electron chi connectivity index (χ1n) is 9.76. The number of phenols is 1. The van der Waals surface area contributed by atoms with Crippen LogP contribution in [0.4, 0.5) is 0 Å². The Morgan fingerprint density at radius 1 is 1.29 bits per heavy atom. The summed E-state index contributed by atoms with van der Waals surface area (Å²) >= 11 is 1.70. The summed E-state index contributed by atoms with van der Waals surface area (Å²) in [6.07, 6.45) is 0.940. The van der Waals surface area contributed by atoms with Crippen molar-refractivity contribution in [2.45, 2.75) is 13.0 Å². The first-order valence-corrected chi connectivity index (χ1v) is 10.6. The summed E-state index contributed by atoms with van der Waals surface area (Å²) < 4.78 is 7.05. The Morgan fingerprint density at radius 2 is 2.18 bits per heavy atom. The molecule has 2 aliphatic rings. The molecule has 3 heterocycles. The van der Waals surface area contributed by atoms with Gasteiger partial charge in [-0.05, 0) is 29.1 Å². The highest BCUT2D eigenvalue weighted by Crippen LogP contribution is 2.41. The van der Waals surface area contributed by atoms with Gasteiger partial charge in [0, 0.05) is 34.2 Å². The van der Waals surface area contributed by atoms with Crippen molar-refractivity contribution in [1.29, 1.82) is 0 Å². The molecule has 0 spiro atoms. The zero-order valence-corrected chi connectivity index (χ0v) is 16.4. The molecule has 3 N–H and O–H groups in total. The summed E-state index contributed by atoms with van der Waals surface area (Å²) in [7, 11) is 0. The number of carbonyl (C=O) groups is 1. The van der Waals surface area contributed by atoms with E-state index in [-0.39, 0.29) is 17.6 Å². The van der Waals surface area contributed by atoms with Gasteiger partial charge in [-0.1, -0.05) is 18.2 Å². The fraction of sp³-hybridized carbons (Fsp3) is 0.318. The summed E-state index contributed by atoms with van der Waals surface area (Å²) in [4.78, 5) is 14.8. The molecule has 1 saturated heterocycles. The smallest absolute Gasteiger partial charge is 0.232 e. The molecule has 0 aliphatic carbocycles. The molecule has 144 valence electrons. The van der Waals surface area contributed by atoms with Gasteiger partial charge in [-0.15, -0.1) is 11.3 Å². The molecule has 1 atom stereocenters. The van der Waals surface area contributed by atoms with Crippen LogP contribution in [-0.2, 0) is 11.3 Å². The van der Waals surface area contributed by atoms with Crippen LogP contribution in [0.1, 0.15) is 12.0 Å². The van der Waals surface area contributed by atoms with E-state index in [0.717, 1.165) is 36.2 Å². The fourth-order valence-corrected chi connectivity index (χ4v) is 5.25. The van der Waals surface area contributed by atoms with Crippen LogP contribution in [0.25, 0.3) is 21.2 Å². The monoisotopic (exact) mass is 395 g/mol. The number of thiophene rings is 1. The van der Waals surface area contributed by atoms with Crippen LogP contribution in [0.15, 0.2) is 41.8 Å². The molecule has 0 bridgehead atoms. The van der Waals surface area contributed by atoms with Gasteiger partial charge in [0.05, 0.1) is 25.6 Å². The summed E-state index contributed by atoms with van der Waals surface area (Å²) in [5.41, 5.74) is 2.94. The number of rotatable bonds is 2. The van der Waals surface area contributed by atoms with Gasteiger partial charge in [-0.2, -0.15) is 0 Å². The van der Waals surface area contributed by atoms with E-state index in [2.05, 4.69) is 28.9 Å². The zero-order valence-electron chi connectivity index (χ0n) is 15.6. The molecule has 2 aromatic carbocycles. The Kier molecular flexibility index (Phi) is 4.45. The number of quaternary nitrogens is 1. The normalized spacial score (nSPS) is 19.3. The van der Waals surface area contributed by atoms with Crippen LogP contribution in [0.5, 0.6) is 11.5 Å². The van der Waals surface area contributed by atoms with Crippen molar-refractivity contribution in [3.8, 4) is 22.6 Å². The second-order valence-electron chi connectivity index (χ2n) is 7.54. The molecule has 2 aliphatic heterocycles. The molecule has 1 aromatic heterocycles. The second-order valence-corrected chi connectivity index (χ2v) is 8.45. The first kappa shape index (κ1) is 17.5. The van der Waals surface area contributed by atoms with E-state index in [1.165, 1.54) is 10.1 Å². The van der Waals surface area contributed by atoms with Gasteiger partial charge in [0.25, 0.3) is 0 Å². The average Bonchev–Trinajstić information content (AvgIpc) is 3.33. The quantitative estimate of drug-likeness (QED) is 0.701. The summed E-state index contributed by atoms with van der Waals surface area (Å²) in [5.74, 6) is 0.957. The minimum Gasteiger partial charge on any atom is -0.504 e. The molecule has 28 heavy (non-hydrogen) atoms. The molecule has 1 fully saturated rings. The van der Waals surface area contributed by atoms with E-state index in [1.807, 2.05) is 17.0 Å². The number of nitrogens with two attached hydrogens (primary N) is 1. The molecule has 0 saturated carbocycles. The number of hydrogen-bond donors (Lipinski definition) is 2. The van der Waals surface area contributed by atoms with Crippen LogP contribution in [0.2, 0.25) is 0 Å². The maximum Gasteiger partial charge on any atom is 0.232 e. The third-order valence-electron chi connectivity index (χ3n) is 5.74. The maximum atomic E-state index is 12.9. The fourth-order valence-electron chi connectivity index (χ4n) is 4.28. The van der Waals surface area contributed by atoms with E-state index in [0.29, 0.717) is 25.4 Å². The Bertz CT molecular complexity index is 1040. The Morgan fingerprint density at radius 3 is 3.04 bits per heavy atom. The maximum absolute atomic E-state index is 12.9. The standard InChI is InChI=1S/C22H22N2O3S/c25-19-10-15(18-13-28-20-4-2-1-3-17(18)20)9-16-12-24(7-8-27-21(16)19)22(26)14-5-6-23-11-14/h1-4,9-10,13-14,23,25H,5-8,11-12H2/p+1/t14-/m1/s1. The molecule has 0 radical (unpaired) electrons. The number of fused-ring (bicyclic) bond motifs is 2. The number of nitrogens with zero attached hydrogens (tertiary/aromatic N) is 1. The average molecular weight is 396 g/mol. The van der Waals surface area contributed by atoms with Crippen molar-refractivity contribution in [2.75, 3.05) is 26.2 Å². The lowest BCUT2D eigenvalue weighted by molar-refractivity contribution is -0.637. The highest BCUT2D eigenvalue weighted by Gasteiger charge is 2.31. The van der Waals surface area contributed by atoms with Crippen molar-refractivity contribution >= 4 is 27.3 Å².